The predicted molar refractivity (Wildman–Crippen MR) is 120 cm³/mol. The predicted octanol–water partition coefficient (Wildman–Crippen LogP) is 4.36. The number of carbonyl (C=O) groups excluding carboxylic acids is 3. The third-order valence-electron chi connectivity index (χ3n) is 5.35. The molecule has 0 radical (unpaired) electrons. The minimum Gasteiger partial charge on any atom is -0.497 e. The molecule has 2 aromatic rings. The Hall–Kier alpha value is -4.18. The van der Waals surface area contributed by atoms with Gasteiger partial charge in [-0.3, -0.25) is 9.59 Å². The van der Waals surface area contributed by atoms with Crippen LogP contribution in [0.3, 0.4) is 0 Å². The summed E-state index contributed by atoms with van der Waals surface area (Å²) in [6.07, 6.45) is -0.879. The molecule has 0 saturated carbocycles. The molecular weight excluding hydrogens is 420 g/mol. The number of allylic oxidation sites excluding steroid dienone is 1. The van der Waals surface area contributed by atoms with Crippen molar-refractivity contribution in [2.75, 3.05) is 7.11 Å². The first kappa shape index (κ1) is 22.0. The maximum atomic E-state index is 13.7. The summed E-state index contributed by atoms with van der Waals surface area (Å²) < 4.78 is 10.7. The van der Waals surface area contributed by atoms with Gasteiger partial charge >= 0.3 is 6.09 Å². The Bertz CT molecular complexity index is 1260. The molecule has 2 amide bonds. The third kappa shape index (κ3) is 3.70. The molecule has 166 valence electrons. The summed E-state index contributed by atoms with van der Waals surface area (Å²) in [5.74, 6) is -1.77. The average Bonchev–Trinajstić information content (AvgIpc) is 3.25. The number of nitrogens with zero attached hydrogens (tertiary/aromatic N) is 2. The third-order valence-corrected chi connectivity index (χ3v) is 5.35. The lowest BCUT2D eigenvalue weighted by Crippen LogP contribution is -2.37. The SMILES string of the molecule is COc1ccc(C2=C3C(=O)N(C(=O)OC(C)(C)C)C(c4ccccc4)=C3C(=O)C2C#N)cc1. The molecule has 0 aromatic heterocycles. The Morgan fingerprint density at radius 2 is 1.61 bits per heavy atom. The first-order valence-electron chi connectivity index (χ1n) is 10.4. The lowest BCUT2D eigenvalue weighted by atomic mass is 9.93. The number of carbonyl (C=O) groups is 3. The quantitative estimate of drug-likeness (QED) is 0.701. The monoisotopic (exact) mass is 442 g/mol. The number of imide groups is 1. The minimum atomic E-state index is -1.16. The Labute approximate surface area is 191 Å². The number of hydrogen-bond acceptors (Lipinski definition) is 6. The number of ketones is 1. The molecule has 7 heteroatoms. The van der Waals surface area contributed by atoms with E-state index >= 15 is 0 Å². The minimum absolute atomic E-state index is 0.0569. The van der Waals surface area contributed by atoms with Crippen LogP contribution >= 0.6 is 0 Å². The van der Waals surface area contributed by atoms with E-state index in [2.05, 4.69) is 0 Å². The maximum Gasteiger partial charge on any atom is 0.422 e. The highest BCUT2D eigenvalue weighted by molar-refractivity contribution is 6.35. The largest absolute Gasteiger partial charge is 0.497 e. The Kier molecular flexibility index (Phi) is 5.38. The summed E-state index contributed by atoms with van der Waals surface area (Å²) in [6.45, 7) is 5.08. The summed E-state index contributed by atoms with van der Waals surface area (Å²) >= 11 is 0. The molecule has 4 rings (SSSR count). The van der Waals surface area contributed by atoms with Crippen molar-refractivity contribution < 1.29 is 23.9 Å². The molecule has 2 aliphatic rings. The van der Waals surface area contributed by atoms with Crippen LogP contribution in [-0.2, 0) is 14.3 Å². The van der Waals surface area contributed by atoms with Crippen LogP contribution < -0.4 is 4.74 Å². The Balaban J connectivity index is 1.98. The van der Waals surface area contributed by atoms with Crippen molar-refractivity contribution >= 4 is 29.1 Å². The van der Waals surface area contributed by atoms with E-state index in [4.69, 9.17) is 9.47 Å². The molecule has 1 aliphatic heterocycles. The second-order valence-corrected chi connectivity index (χ2v) is 8.65. The van der Waals surface area contributed by atoms with Gasteiger partial charge in [0.2, 0.25) is 0 Å². The van der Waals surface area contributed by atoms with Gasteiger partial charge in [-0.15, -0.1) is 0 Å². The van der Waals surface area contributed by atoms with Gasteiger partial charge in [0.15, 0.2) is 5.78 Å². The van der Waals surface area contributed by atoms with E-state index in [0.717, 1.165) is 4.90 Å². The number of nitriles is 1. The first-order chi connectivity index (χ1) is 15.7. The summed E-state index contributed by atoms with van der Waals surface area (Å²) in [5.41, 5.74) is 0.725. The van der Waals surface area contributed by atoms with Gasteiger partial charge < -0.3 is 9.47 Å². The van der Waals surface area contributed by atoms with Crippen LogP contribution in [0, 0.1) is 17.2 Å². The van der Waals surface area contributed by atoms with E-state index in [0.29, 0.717) is 16.9 Å². The summed E-state index contributed by atoms with van der Waals surface area (Å²) in [5, 5.41) is 9.83. The number of benzene rings is 2. The number of methoxy groups -OCH3 is 1. The molecule has 0 saturated heterocycles. The first-order valence-corrected chi connectivity index (χ1v) is 10.4. The number of hydrogen-bond donors (Lipinski definition) is 0. The highest BCUT2D eigenvalue weighted by atomic mass is 16.6. The van der Waals surface area contributed by atoms with Crippen LogP contribution in [0.1, 0.15) is 31.9 Å². The summed E-state index contributed by atoms with van der Waals surface area (Å²) in [7, 11) is 1.53. The van der Waals surface area contributed by atoms with Crippen LogP contribution in [0.2, 0.25) is 0 Å². The van der Waals surface area contributed by atoms with Gasteiger partial charge in [-0.05, 0) is 49.6 Å². The number of amides is 2. The van der Waals surface area contributed by atoms with Crippen molar-refractivity contribution in [3.05, 3.63) is 76.9 Å². The van der Waals surface area contributed by atoms with Gasteiger partial charge in [0, 0.05) is 0 Å². The second-order valence-electron chi connectivity index (χ2n) is 8.65. The molecule has 0 spiro atoms. The standard InChI is InChI=1S/C26H22N2O5/c1-26(2,3)33-25(31)28-22(16-8-6-5-7-9-16)21-20(24(28)30)19(18(14-27)23(21)29)15-10-12-17(32-4)13-11-15/h5-13,18H,1-4H3. The van der Waals surface area contributed by atoms with E-state index in [9.17, 15) is 19.6 Å². The molecule has 7 nitrogen and oxygen atoms in total. The highest BCUT2D eigenvalue weighted by Gasteiger charge is 2.52. The number of fused-ring (bicyclic) bond motifs is 1. The van der Waals surface area contributed by atoms with E-state index in [1.807, 2.05) is 6.07 Å². The van der Waals surface area contributed by atoms with E-state index in [1.54, 1.807) is 75.4 Å². The van der Waals surface area contributed by atoms with Crippen LogP contribution in [-0.4, -0.2) is 35.4 Å². The van der Waals surface area contributed by atoms with Crippen LogP contribution in [0.15, 0.2) is 65.7 Å². The number of rotatable bonds is 3. The van der Waals surface area contributed by atoms with Crippen molar-refractivity contribution in [1.29, 1.82) is 5.26 Å². The van der Waals surface area contributed by atoms with Crippen molar-refractivity contribution in [1.82, 2.24) is 4.90 Å². The lowest BCUT2D eigenvalue weighted by molar-refractivity contribution is -0.122. The van der Waals surface area contributed by atoms with Gasteiger partial charge in [0.25, 0.3) is 5.91 Å². The van der Waals surface area contributed by atoms with Crippen molar-refractivity contribution in [3.63, 3.8) is 0 Å². The molecule has 33 heavy (non-hydrogen) atoms. The second kappa shape index (κ2) is 8.06. The van der Waals surface area contributed by atoms with Crippen molar-refractivity contribution in [3.8, 4) is 11.8 Å². The van der Waals surface area contributed by atoms with E-state index in [1.165, 1.54) is 7.11 Å². The zero-order valence-electron chi connectivity index (χ0n) is 18.7. The maximum absolute atomic E-state index is 13.7. The van der Waals surface area contributed by atoms with E-state index < -0.39 is 29.3 Å². The molecule has 0 fully saturated rings. The van der Waals surface area contributed by atoms with E-state index in [-0.39, 0.29) is 22.4 Å². The highest BCUT2D eigenvalue weighted by Crippen LogP contribution is 2.49. The molecule has 1 heterocycles. The molecule has 2 aromatic carbocycles. The summed E-state index contributed by atoms with van der Waals surface area (Å²) in [4.78, 5) is 41.1. The fourth-order valence-electron chi connectivity index (χ4n) is 4.02. The zero-order valence-corrected chi connectivity index (χ0v) is 18.7. The Morgan fingerprint density at radius 1 is 0.970 bits per heavy atom. The fraction of sp³-hybridized carbons (Fsp3) is 0.231. The van der Waals surface area contributed by atoms with Crippen molar-refractivity contribution in [2.45, 2.75) is 26.4 Å². The van der Waals surface area contributed by atoms with Gasteiger partial charge in [0.05, 0.1) is 30.0 Å². The van der Waals surface area contributed by atoms with Crippen LogP contribution in [0.4, 0.5) is 4.79 Å². The Morgan fingerprint density at radius 3 is 2.15 bits per heavy atom. The molecule has 1 aliphatic carbocycles. The molecule has 0 N–H and O–H groups in total. The fourth-order valence-corrected chi connectivity index (χ4v) is 4.02. The normalized spacial score (nSPS) is 17.9. The topological polar surface area (TPSA) is 96.7 Å². The zero-order chi connectivity index (χ0) is 23.9. The molecule has 1 unspecified atom stereocenters. The molecule has 1 atom stereocenters. The van der Waals surface area contributed by atoms with Gasteiger partial charge in [0.1, 0.15) is 17.3 Å². The smallest absolute Gasteiger partial charge is 0.422 e. The van der Waals surface area contributed by atoms with Gasteiger partial charge in [-0.25, -0.2) is 9.69 Å². The van der Waals surface area contributed by atoms with Crippen LogP contribution in [0.25, 0.3) is 11.3 Å². The number of ether oxygens (including phenoxy) is 2. The average molecular weight is 442 g/mol. The van der Waals surface area contributed by atoms with Gasteiger partial charge in [-0.1, -0.05) is 42.5 Å². The lowest BCUT2D eigenvalue weighted by Gasteiger charge is -2.25. The number of Topliss-reactive ketones (excluding diaryl/α,β-unsaturated/α-hetero) is 1. The van der Waals surface area contributed by atoms with Gasteiger partial charge in [-0.2, -0.15) is 5.26 Å². The van der Waals surface area contributed by atoms with Crippen molar-refractivity contribution in [2.24, 2.45) is 5.92 Å². The molecular formula is C26H22N2O5. The summed E-state index contributed by atoms with van der Waals surface area (Å²) in [6, 6.07) is 17.5. The van der Waals surface area contributed by atoms with Crippen LogP contribution in [0.5, 0.6) is 5.75 Å². The molecule has 0 bridgehead atoms.